The molecule has 6 heteroatoms. The molecule has 6 nitrogen and oxygen atoms in total. The highest BCUT2D eigenvalue weighted by atomic mass is 16.3. The average molecular weight is 827 g/mol. The van der Waals surface area contributed by atoms with E-state index in [1.165, 1.54) is 22.3 Å². The van der Waals surface area contributed by atoms with Crippen molar-refractivity contribution in [2.45, 2.75) is 41.5 Å². The van der Waals surface area contributed by atoms with Crippen molar-refractivity contribution in [1.29, 1.82) is 10.5 Å². The lowest BCUT2D eigenvalue weighted by Crippen LogP contribution is -2.13. The standard InChI is InChI=1S/C58H42N4O2/c1-33-15-11-19-51(37(33)5)61(49-17-9-7-13-35(49)3)43-23-21-39-27-45-53(29-41(39)25-43)63-57-48(32-60)58-56(47(31-59)55(45)57)46-28-40-22-24-44(26-42(40)30-54(46)64-58)62(50-18-10-8-14-36(50)4)52-20-12-16-34(2)38(52)6/h7-30H,1-6H3. The third-order valence-electron chi connectivity index (χ3n) is 13.3. The third-order valence-corrected chi connectivity index (χ3v) is 13.3. The minimum absolute atomic E-state index is 0.271. The number of rotatable bonds is 6. The van der Waals surface area contributed by atoms with Crippen LogP contribution in [-0.4, -0.2) is 0 Å². The Hall–Kier alpha value is -8.32. The van der Waals surface area contributed by atoms with Crippen LogP contribution < -0.4 is 9.80 Å². The second-order valence-corrected chi connectivity index (χ2v) is 17.0. The molecule has 9 aromatic carbocycles. The van der Waals surface area contributed by atoms with Crippen LogP contribution in [-0.2, 0) is 0 Å². The average Bonchev–Trinajstić information content (AvgIpc) is 3.85. The molecule has 0 fully saturated rings. The smallest absolute Gasteiger partial charge is 0.158 e. The summed E-state index contributed by atoms with van der Waals surface area (Å²) in [4.78, 5) is 4.63. The highest BCUT2D eigenvalue weighted by molar-refractivity contribution is 6.24. The zero-order chi connectivity index (χ0) is 44.0. The van der Waals surface area contributed by atoms with Crippen molar-refractivity contribution in [2.75, 3.05) is 9.80 Å². The van der Waals surface area contributed by atoms with E-state index in [1.54, 1.807) is 0 Å². The molecule has 64 heavy (non-hydrogen) atoms. The molecule has 0 N–H and O–H groups in total. The first-order chi connectivity index (χ1) is 31.1. The number of hydrogen-bond acceptors (Lipinski definition) is 6. The van der Waals surface area contributed by atoms with E-state index in [4.69, 9.17) is 8.83 Å². The van der Waals surface area contributed by atoms with Gasteiger partial charge >= 0.3 is 0 Å². The lowest BCUT2D eigenvalue weighted by molar-refractivity contribution is 0.654. The molecule has 306 valence electrons. The number of aryl methyl sites for hydroxylation is 4. The van der Waals surface area contributed by atoms with Gasteiger partial charge in [0.15, 0.2) is 11.2 Å². The largest absolute Gasteiger partial charge is 0.454 e. The monoisotopic (exact) mass is 826 g/mol. The van der Waals surface area contributed by atoms with Crippen LogP contribution in [0.15, 0.2) is 154 Å². The summed E-state index contributed by atoms with van der Waals surface area (Å²) < 4.78 is 13.3. The predicted octanol–water partition coefficient (Wildman–Crippen LogP) is 16.3. The van der Waals surface area contributed by atoms with E-state index >= 15 is 0 Å². The van der Waals surface area contributed by atoms with Gasteiger partial charge in [-0.05, 0) is 169 Å². The fourth-order valence-corrected chi connectivity index (χ4v) is 9.62. The number of para-hydroxylation sites is 2. The summed E-state index contributed by atoms with van der Waals surface area (Å²) in [7, 11) is 0. The molecule has 0 aliphatic heterocycles. The van der Waals surface area contributed by atoms with E-state index < -0.39 is 0 Å². The Bertz CT molecular complexity index is 3620. The molecule has 0 saturated carbocycles. The van der Waals surface area contributed by atoms with Crippen LogP contribution in [0.2, 0.25) is 0 Å². The second kappa shape index (κ2) is 14.7. The van der Waals surface area contributed by atoms with Gasteiger partial charge in [-0.25, -0.2) is 0 Å². The maximum atomic E-state index is 11.0. The molecule has 0 atom stereocenters. The Labute approximate surface area is 371 Å². The zero-order valence-corrected chi connectivity index (χ0v) is 36.5. The van der Waals surface area contributed by atoms with E-state index in [9.17, 15) is 10.5 Å². The first kappa shape index (κ1) is 38.6. The molecule has 11 rings (SSSR count). The van der Waals surface area contributed by atoms with Gasteiger partial charge in [0.2, 0.25) is 0 Å². The Morgan fingerprint density at radius 3 is 1.22 bits per heavy atom. The minimum atomic E-state index is 0.271. The number of fused-ring (bicyclic) bond motifs is 8. The van der Waals surface area contributed by atoms with Gasteiger partial charge in [0, 0.05) is 55.7 Å². The molecule has 0 aliphatic rings. The number of furan rings is 2. The molecule has 0 spiro atoms. The normalized spacial score (nSPS) is 11.6. The molecule has 0 saturated heterocycles. The quantitative estimate of drug-likeness (QED) is 0.166. The number of anilines is 6. The summed E-state index contributed by atoms with van der Waals surface area (Å²) in [5.41, 5.74) is 16.2. The first-order valence-electron chi connectivity index (χ1n) is 21.5. The van der Waals surface area contributed by atoms with Gasteiger partial charge in [-0.1, -0.05) is 72.8 Å². The molecule has 2 aromatic heterocycles. The van der Waals surface area contributed by atoms with Gasteiger partial charge in [-0.3, -0.25) is 0 Å². The minimum Gasteiger partial charge on any atom is -0.454 e. The molecular formula is C58H42N4O2. The molecule has 0 radical (unpaired) electrons. The van der Waals surface area contributed by atoms with Gasteiger partial charge in [0.25, 0.3) is 0 Å². The van der Waals surface area contributed by atoms with E-state index in [1.807, 2.05) is 12.1 Å². The van der Waals surface area contributed by atoms with Crippen molar-refractivity contribution in [2.24, 2.45) is 0 Å². The van der Waals surface area contributed by atoms with Crippen LogP contribution in [0.5, 0.6) is 0 Å². The van der Waals surface area contributed by atoms with Gasteiger partial charge < -0.3 is 18.6 Å². The summed E-state index contributed by atoms with van der Waals surface area (Å²) in [5.74, 6) is 0. The second-order valence-electron chi connectivity index (χ2n) is 17.0. The number of hydrogen-bond donors (Lipinski definition) is 0. The fourth-order valence-electron chi connectivity index (χ4n) is 9.62. The van der Waals surface area contributed by atoms with Gasteiger partial charge in [-0.2, -0.15) is 10.5 Å². The Morgan fingerprint density at radius 1 is 0.391 bits per heavy atom. The van der Waals surface area contributed by atoms with Gasteiger partial charge in [0.05, 0.1) is 5.56 Å². The SMILES string of the molecule is Cc1ccccc1N(c1ccc2cc3c(cc2c1)oc1c(C#N)c2oc4cc5cc(N(c6ccccc6C)c6cccc(C)c6C)ccc5cc4c2c(C#N)c13)c1cccc(C)c1C. The Morgan fingerprint density at radius 2 is 0.797 bits per heavy atom. The number of nitriles is 2. The molecule has 2 heterocycles. The summed E-state index contributed by atoms with van der Waals surface area (Å²) >= 11 is 0. The van der Waals surface area contributed by atoms with E-state index in [2.05, 4.69) is 197 Å². The summed E-state index contributed by atoms with van der Waals surface area (Å²) in [6, 6.07) is 55.8. The number of nitrogens with zero attached hydrogens (tertiary/aromatic N) is 4. The van der Waals surface area contributed by atoms with Crippen LogP contribution in [0.25, 0.3) is 65.4 Å². The summed E-state index contributed by atoms with van der Waals surface area (Å²) in [5, 5.41) is 28.5. The molecule has 11 aromatic rings. The van der Waals surface area contributed by atoms with E-state index in [-0.39, 0.29) is 5.56 Å². The predicted molar refractivity (Wildman–Crippen MR) is 263 cm³/mol. The van der Waals surface area contributed by atoms with Crippen molar-refractivity contribution < 1.29 is 8.83 Å². The van der Waals surface area contributed by atoms with Crippen LogP contribution in [0.4, 0.5) is 34.1 Å². The maximum Gasteiger partial charge on any atom is 0.158 e. The highest BCUT2D eigenvalue weighted by Gasteiger charge is 2.27. The van der Waals surface area contributed by atoms with E-state index in [0.717, 1.165) is 77.6 Å². The Kier molecular flexibility index (Phi) is 8.84. The van der Waals surface area contributed by atoms with Crippen molar-refractivity contribution in [3.63, 3.8) is 0 Å². The lowest BCUT2D eigenvalue weighted by Gasteiger charge is -2.29. The highest BCUT2D eigenvalue weighted by Crippen LogP contribution is 2.47. The lowest BCUT2D eigenvalue weighted by atomic mass is 9.96. The van der Waals surface area contributed by atoms with Crippen molar-refractivity contribution >= 4 is 99.5 Å². The van der Waals surface area contributed by atoms with Crippen LogP contribution >= 0.6 is 0 Å². The maximum absolute atomic E-state index is 11.0. The van der Waals surface area contributed by atoms with E-state index in [0.29, 0.717) is 38.7 Å². The Balaban J connectivity index is 1.09. The van der Waals surface area contributed by atoms with Crippen molar-refractivity contribution in [3.05, 3.63) is 190 Å². The van der Waals surface area contributed by atoms with Crippen molar-refractivity contribution in [3.8, 4) is 12.1 Å². The topological polar surface area (TPSA) is 80.3 Å². The first-order valence-corrected chi connectivity index (χ1v) is 21.5. The molecule has 0 unspecified atom stereocenters. The van der Waals surface area contributed by atoms with Crippen LogP contribution in [0.1, 0.15) is 44.5 Å². The summed E-state index contributed by atoms with van der Waals surface area (Å²) in [6.07, 6.45) is 0. The molecule has 0 amide bonds. The zero-order valence-electron chi connectivity index (χ0n) is 36.5. The van der Waals surface area contributed by atoms with Crippen molar-refractivity contribution in [1.82, 2.24) is 0 Å². The van der Waals surface area contributed by atoms with Gasteiger partial charge in [0.1, 0.15) is 28.9 Å². The van der Waals surface area contributed by atoms with Crippen LogP contribution in [0.3, 0.4) is 0 Å². The fraction of sp³-hybridized carbons (Fsp3) is 0.103. The molecular weight excluding hydrogens is 785 g/mol. The van der Waals surface area contributed by atoms with Crippen LogP contribution in [0, 0.1) is 64.2 Å². The van der Waals surface area contributed by atoms with Gasteiger partial charge in [-0.15, -0.1) is 0 Å². The summed E-state index contributed by atoms with van der Waals surface area (Å²) in [6.45, 7) is 12.9. The third kappa shape index (κ3) is 5.84. The number of benzene rings is 9. The molecule has 0 aliphatic carbocycles. The molecule has 0 bridgehead atoms.